The molecule has 0 aliphatic rings. The number of hydrogen-bond donors (Lipinski definition) is 3. The van der Waals surface area contributed by atoms with Gasteiger partial charge in [-0.05, 0) is 12.1 Å². The molecule has 3 aromatic rings. The van der Waals surface area contributed by atoms with E-state index in [9.17, 15) is 20.1 Å². The Kier molecular flexibility index (Phi) is 4.25. The van der Waals surface area contributed by atoms with Crippen molar-refractivity contribution in [1.82, 2.24) is 0 Å². The molecular formula is C18H16O8. The minimum absolute atomic E-state index is 0.0904. The Morgan fingerprint density at radius 2 is 1.62 bits per heavy atom. The van der Waals surface area contributed by atoms with E-state index >= 15 is 0 Å². The molecule has 8 nitrogen and oxygen atoms in total. The zero-order chi connectivity index (χ0) is 19.0. The fourth-order valence-corrected chi connectivity index (χ4v) is 2.71. The second kappa shape index (κ2) is 6.40. The molecule has 1 heterocycles. The van der Waals surface area contributed by atoms with E-state index in [0.717, 1.165) is 6.07 Å². The fraction of sp³-hybridized carbons (Fsp3) is 0.167. The second-order valence-corrected chi connectivity index (χ2v) is 5.30. The van der Waals surface area contributed by atoms with Crippen LogP contribution in [0.15, 0.2) is 33.5 Å². The largest absolute Gasteiger partial charge is 0.507 e. The molecule has 0 saturated carbocycles. The lowest BCUT2D eigenvalue weighted by Crippen LogP contribution is -2.04. The Morgan fingerprint density at radius 1 is 0.923 bits per heavy atom. The van der Waals surface area contributed by atoms with Gasteiger partial charge >= 0.3 is 0 Å². The summed E-state index contributed by atoms with van der Waals surface area (Å²) in [5.41, 5.74) is -1.02. The van der Waals surface area contributed by atoms with Gasteiger partial charge in [-0.3, -0.25) is 4.79 Å². The van der Waals surface area contributed by atoms with Crippen LogP contribution in [0, 0.1) is 0 Å². The van der Waals surface area contributed by atoms with Crippen LogP contribution in [0.4, 0.5) is 0 Å². The highest BCUT2D eigenvalue weighted by molar-refractivity contribution is 5.93. The summed E-state index contributed by atoms with van der Waals surface area (Å²) in [6.45, 7) is 0. The topological polar surface area (TPSA) is 119 Å². The minimum atomic E-state index is -0.915. The molecule has 26 heavy (non-hydrogen) atoms. The first kappa shape index (κ1) is 17.3. The third-order valence-electron chi connectivity index (χ3n) is 3.93. The molecule has 0 radical (unpaired) electrons. The molecular weight excluding hydrogens is 344 g/mol. The highest BCUT2D eigenvalue weighted by atomic mass is 16.5. The summed E-state index contributed by atoms with van der Waals surface area (Å²) < 4.78 is 21.0. The summed E-state index contributed by atoms with van der Waals surface area (Å²) in [6, 6.07) is 5.84. The summed E-state index contributed by atoms with van der Waals surface area (Å²) in [5, 5.41) is 30.3. The van der Waals surface area contributed by atoms with Gasteiger partial charge in [0.2, 0.25) is 16.9 Å². The van der Waals surface area contributed by atoms with Crippen LogP contribution in [0.1, 0.15) is 0 Å². The molecule has 0 amide bonds. The zero-order valence-corrected chi connectivity index (χ0v) is 14.2. The lowest BCUT2D eigenvalue weighted by molar-refractivity contribution is 0.354. The van der Waals surface area contributed by atoms with Crippen LogP contribution < -0.4 is 19.6 Å². The van der Waals surface area contributed by atoms with Gasteiger partial charge in [0.1, 0.15) is 11.1 Å². The van der Waals surface area contributed by atoms with Crippen molar-refractivity contribution in [2.75, 3.05) is 21.3 Å². The SMILES string of the molecule is COc1cccc(-c2oc3c(O)c(OC)cc(O)c3c(=O)c2O)c1OC. The maximum atomic E-state index is 12.6. The minimum Gasteiger partial charge on any atom is -0.507 e. The van der Waals surface area contributed by atoms with Gasteiger partial charge in [0.15, 0.2) is 28.6 Å². The Labute approximate surface area is 147 Å². The van der Waals surface area contributed by atoms with Crippen molar-refractivity contribution in [3.8, 4) is 45.8 Å². The zero-order valence-electron chi connectivity index (χ0n) is 14.2. The smallest absolute Gasteiger partial charge is 0.238 e. The summed E-state index contributed by atoms with van der Waals surface area (Å²) in [5.74, 6) is -1.50. The van der Waals surface area contributed by atoms with E-state index in [1.54, 1.807) is 18.2 Å². The average molecular weight is 360 g/mol. The van der Waals surface area contributed by atoms with E-state index in [0.29, 0.717) is 5.75 Å². The summed E-state index contributed by atoms with van der Waals surface area (Å²) >= 11 is 0. The number of phenols is 2. The second-order valence-electron chi connectivity index (χ2n) is 5.30. The van der Waals surface area contributed by atoms with Crippen LogP contribution in [0.25, 0.3) is 22.3 Å². The maximum absolute atomic E-state index is 12.6. The molecule has 0 unspecified atom stereocenters. The van der Waals surface area contributed by atoms with Crippen molar-refractivity contribution in [1.29, 1.82) is 0 Å². The van der Waals surface area contributed by atoms with Crippen molar-refractivity contribution in [3.63, 3.8) is 0 Å². The standard InChI is InChI=1S/C18H16O8/c1-23-10-6-4-5-8(16(10)25-3)17-15(22)14(21)12-9(19)7-11(24-2)13(20)18(12)26-17/h4-7,19-20,22H,1-3H3. The van der Waals surface area contributed by atoms with Gasteiger partial charge in [-0.15, -0.1) is 0 Å². The monoisotopic (exact) mass is 360 g/mol. The number of fused-ring (bicyclic) bond motifs is 1. The molecule has 0 atom stereocenters. The van der Waals surface area contributed by atoms with E-state index in [-0.39, 0.29) is 33.8 Å². The maximum Gasteiger partial charge on any atom is 0.238 e. The molecule has 0 fully saturated rings. The summed E-state index contributed by atoms with van der Waals surface area (Å²) in [6.07, 6.45) is 0. The van der Waals surface area contributed by atoms with Crippen LogP contribution in [0.3, 0.4) is 0 Å². The van der Waals surface area contributed by atoms with E-state index in [1.165, 1.54) is 21.3 Å². The van der Waals surface area contributed by atoms with Crippen molar-refractivity contribution in [2.24, 2.45) is 0 Å². The van der Waals surface area contributed by atoms with Crippen LogP contribution in [-0.4, -0.2) is 36.6 Å². The molecule has 0 aliphatic carbocycles. The van der Waals surface area contributed by atoms with E-state index < -0.39 is 22.7 Å². The lowest BCUT2D eigenvalue weighted by atomic mass is 10.1. The number of rotatable bonds is 4. The molecule has 3 N–H and O–H groups in total. The van der Waals surface area contributed by atoms with Gasteiger partial charge in [0.25, 0.3) is 0 Å². The van der Waals surface area contributed by atoms with Gasteiger partial charge in [0.05, 0.1) is 26.9 Å². The fourth-order valence-electron chi connectivity index (χ4n) is 2.71. The highest BCUT2D eigenvalue weighted by Gasteiger charge is 2.25. The van der Waals surface area contributed by atoms with Gasteiger partial charge in [-0.2, -0.15) is 0 Å². The average Bonchev–Trinajstić information content (AvgIpc) is 2.65. The Bertz CT molecular complexity index is 1050. The Balaban J connectivity index is 2.45. The van der Waals surface area contributed by atoms with Crippen LogP contribution in [0.2, 0.25) is 0 Å². The first-order valence-corrected chi connectivity index (χ1v) is 7.44. The molecule has 136 valence electrons. The normalized spacial score (nSPS) is 10.7. The Hall–Kier alpha value is -3.55. The van der Waals surface area contributed by atoms with E-state index in [1.807, 2.05) is 0 Å². The molecule has 1 aromatic heterocycles. The number of methoxy groups -OCH3 is 3. The van der Waals surface area contributed by atoms with Crippen molar-refractivity contribution in [3.05, 3.63) is 34.5 Å². The first-order valence-electron chi connectivity index (χ1n) is 7.44. The summed E-state index contributed by atoms with van der Waals surface area (Å²) in [4.78, 5) is 12.6. The number of ether oxygens (including phenoxy) is 3. The van der Waals surface area contributed by atoms with Crippen LogP contribution >= 0.6 is 0 Å². The lowest BCUT2D eigenvalue weighted by Gasteiger charge is -2.14. The predicted octanol–water partition coefficient (Wildman–Crippen LogP) is 2.60. The van der Waals surface area contributed by atoms with Gasteiger partial charge in [0, 0.05) is 6.07 Å². The highest BCUT2D eigenvalue weighted by Crippen LogP contribution is 2.45. The van der Waals surface area contributed by atoms with E-state index in [2.05, 4.69) is 0 Å². The van der Waals surface area contributed by atoms with Crippen molar-refractivity contribution < 1.29 is 33.9 Å². The third-order valence-corrected chi connectivity index (χ3v) is 3.93. The molecule has 2 aromatic carbocycles. The van der Waals surface area contributed by atoms with Crippen molar-refractivity contribution >= 4 is 11.0 Å². The van der Waals surface area contributed by atoms with Crippen molar-refractivity contribution in [2.45, 2.75) is 0 Å². The molecule has 0 spiro atoms. The van der Waals surface area contributed by atoms with Gasteiger partial charge < -0.3 is 33.9 Å². The Morgan fingerprint density at radius 3 is 2.23 bits per heavy atom. The van der Waals surface area contributed by atoms with Crippen LogP contribution in [-0.2, 0) is 0 Å². The quantitative estimate of drug-likeness (QED) is 0.608. The number of aromatic hydroxyl groups is 3. The molecule has 0 bridgehead atoms. The summed E-state index contributed by atoms with van der Waals surface area (Å²) in [7, 11) is 4.11. The first-order chi connectivity index (χ1) is 12.4. The predicted molar refractivity (Wildman–Crippen MR) is 92.6 cm³/mol. The number of phenolic OH excluding ortho intramolecular Hbond substituents is 2. The molecule has 0 aliphatic heterocycles. The third kappa shape index (κ3) is 2.43. The van der Waals surface area contributed by atoms with Gasteiger partial charge in [-0.1, -0.05) is 6.07 Å². The molecule has 3 rings (SSSR count). The van der Waals surface area contributed by atoms with E-state index in [4.69, 9.17) is 18.6 Å². The number of para-hydroxylation sites is 1. The molecule has 8 heteroatoms. The number of hydrogen-bond acceptors (Lipinski definition) is 8. The number of benzene rings is 2. The molecule has 0 saturated heterocycles. The van der Waals surface area contributed by atoms with Gasteiger partial charge in [-0.25, -0.2) is 0 Å². The van der Waals surface area contributed by atoms with Crippen LogP contribution in [0.5, 0.6) is 34.5 Å².